The summed E-state index contributed by atoms with van der Waals surface area (Å²) in [7, 11) is 0. The van der Waals surface area contributed by atoms with Gasteiger partial charge in [0.05, 0.1) is 6.42 Å². The predicted molar refractivity (Wildman–Crippen MR) is 66.5 cm³/mol. The van der Waals surface area contributed by atoms with E-state index < -0.39 is 0 Å². The minimum atomic E-state index is 0.173. The van der Waals surface area contributed by atoms with Crippen LogP contribution in [0.4, 0.5) is 0 Å². The van der Waals surface area contributed by atoms with E-state index in [4.69, 9.17) is 5.73 Å². The molecule has 96 valence electrons. The van der Waals surface area contributed by atoms with Gasteiger partial charge in [-0.2, -0.15) is 5.10 Å². The molecule has 0 aromatic carbocycles. The van der Waals surface area contributed by atoms with Gasteiger partial charge in [-0.15, -0.1) is 0 Å². The molecule has 5 heteroatoms. The van der Waals surface area contributed by atoms with Crippen LogP contribution in [0.1, 0.15) is 45.4 Å². The summed E-state index contributed by atoms with van der Waals surface area (Å²) in [5.74, 6) is 0.994. The molecule has 0 spiro atoms. The molecule has 0 radical (unpaired) electrons. The third-order valence-electron chi connectivity index (χ3n) is 2.60. The second kappa shape index (κ2) is 7.17. The first-order chi connectivity index (χ1) is 8.13. The van der Waals surface area contributed by atoms with Crippen molar-refractivity contribution < 1.29 is 4.79 Å². The molecule has 0 aliphatic heterocycles. The molecule has 1 aromatic heterocycles. The van der Waals surface area contributed by atoms with Crippen molar-refractivity contribution in [2.75, 3.05) is 0 Å². The van der Waals surface area contributed by atoms with Crippen molar-refractivity contribution in [1.82, 2.24) is 14.8 Å². The smallest absolute Gasteiger partial charge is 0.140 e. The maximum absolute atomic E-state index is 11.7. The summed E-state index contributed by atoms with van der Waals surface area (Å²) in [6.07, 6.45) is 5.24. The molecule has 0 saturated carbocycles. The fourth-order valence-electron chi connectivity index (χ4n) is 1.71. The topological polar surface area (TPSA) is 73.8 Å². The monoisotopic (exact) mass is 238 g/mol. The molecule has 0 bridgehead atoms. The van der Waals surface area contributed by atoms with E-state index in [2.05, 4.69) is 17.0 Å². The highest BCUT2D eigenvalue weighted by molar-refractivity contribution is 5.80. The first-order valence-corrected chi connectivity index (χ1v) is 6.27. The maximum atomic E-state index is 11.7. The van der Waals surface area contributed by atoms with Gasteiger partial charge < -0.3 is 5.73 Å². The molecular weight excluding hydrogens is 216 g/mol. The minimum Gasteiger partial charge on any atom is -0.328 e. The van der Waals surface area contributed by atoms with Crippen molar-refractivity contribution in [3.05, 3.63) is 12.2 Å². The fraction of sp³-hybridized carbons (Fsp3) is 0.750. The molecule has 17 heavy (non-hydrogen) atoms. The van der Waals surface area contributed by atoms with Gasteiger partial charge in [-0.1, -0.05) is 6.92 Å². The summed E-state index contributed by atoms with van der Waals surface area (Å²) in [5.41, 5.74) is 5.64. The summed E-state index contributed by atoms with van der Waals surface area (Å²) < 4.78 is 1.81. The molecule has 2 N–H and O–H groups in total. The molecule has 5 nitrogen and oxygen atoms in total. The highest BCUT2D eigenvalue weighted by Crippen LogP contribution is 2.04. The lowest BCUT2D eigenvalue weighted by atomic mass is 10.1. The number of carbonyl (C=O) groups excluding carboxylic acids is 1. The molecule has 1 heterocycles. The number of nitrogens with zero attached hydrogens (tertiary/aromatic N) is 3. The number of nitrogens with two attached hydrogens (primary N) is 1. The van der Waals surface area contributed by atoms with Gasteiger partial charge in [0.15, 0.2) is 0 Å². The van der Waals surface area contributed by atoms with E-state index in [0.717, 1.165) is 31.6 Å². The van der Waals surface area contributed by atoms with Crippen LogP contribution in [0.5, 0.6) is 0 Å². The highest BCUT2D eigenvalue weighted by Gasteiger charge is 2.09. The third-order valence-corrected chi connectivity index (χ3v) is 2.60. The lowest BCUT2D eigenvalue weighted by molar-refractivity contribution is -0.118. The van der Waals surface area contributed by atoms with Gasteiger partial charge >= 0.3 is 0 Å². The van der Waals surface area contributed by atoms with E-state index in [1.807, 2.05) is 11.6 Å². The van der Waals surface area contributed by atoms with Gasteiger partial charge in [-0.3, -0.25) is 4.79 Å². The van der Waals surface area contributed by atoms with Gasteiger partial charge in [0.1, 0.15) is 17.9 Å². The summed E-state index contributed by atoms with van der Waals surface area (Å²) in [6.45, 7) is 4.86. The zero-order valence-corrected chi connectivity index (χ0v) is 10.7. The van der Waals surface area contributed by atoms with Gasteiger partial charge in [-0.05, 0) is 26.2 Å². The summed E-state index contributed by atoms with van der Waals surface area (Å²) >= 11 is 0. The maximum Gasteiger partial charge on any atom is 0.140 e. The van der Waals surface area contributed by atoms with Gasteiger partial charge in [0.2, 0.25) is 0 Å². The van der Waals surface area contributed by atoms with E-state index in [1.54, 1.807) is 0 Å². The quantitative estimate of drug-likeness (QED) is 0.741. The number of aryl methyl sites for hydroxylation is 1. The normalized spacial score (nSPS) is 12.6. The Kier molecular flexibility index (Phi) is 5.83. The van der Waals surface area contributed by atoms with Crippen molar-refractivity contribution in [2.45, 2.75) is 58.5 Å². The van der Waals surface area contributed by atoms with Gasteiger partial charge in [-0.25, -0.2) is 9.67 Å². The highest BCUT2D eigenvalue weighted by atomic mass is 16.1. The van der Waals surface area contributed by atoms with Crippen LogP contribution in [0.2, 0.25) is 0 Å². The van der Waals surface area contributed by atoms with E-state index >= 15 is 0 Å². The van der Waals surface area contributed by atoms with Crippen LogP contribution in [0.25, 0.3) is 0 Å². The second-order valence-corrected chi connectivity index (χ2v) is 4.48. The van der Waals surface area contributed by atoms with Crippen molar-refractivity contribution in [2.24, 2.45) is 5.73 Å². The third kappa shape index (κ3) is 5.08. The molecule has 0 fully saturated rings. The molecule has 1 unspecified atom stereocenters. The van der Waals surface area contributed by atoms with Crippen LogP contribution in [-0.4, -0.2) is 26.6 Å². The standard InChI is InChI=1S/C12H22N4O/c1-3-7-16-12(14-9-15-16)8-11(17)6-4-5-10(2)13/h9-10H,3-8,13H2,1-2H3. The average molecular weight is 238 g/mol. The number of Topliss-reactive ketones (excluding diaryl/α,β-unsaturated/α-hetero) is 1. The van der Waals surface area contributed by atoms with E-state index in [9.17, 15) is 4.79 Å². The average Bonchev–Trinajstić information content (AvgIpc) is 2.66. The van der Waals surface area contributed by atoms with Crippen LogP contribution in [0.3, 0.4) is 0 Å². The second-order valence-electron chi connectivity index (χ2n) is 4.48. The first-order valence-electron chi connectivity index (χ1n) is 6.27. The van der Waals surface area contributed by atoms with Crippen LogP contribution in [-0.2, 0) is 17.8 Å². The number of rotatable bonds is 8. The Labute approximate surface area is 102 Å². The summed E-state index contributed by atoms with van der Waals surface area (Å²) in [4.78, 5) is 15.9. The van der Waals surface area contributed by atoms with Gasteiger partial charge in [0.25, 0.3) is 0 Å². The lowest BCUT2D eigenvalue weighted by Gasteiger charge is -2.05. The number of ketones is 1. The van der Waals surface area contributed by atoms with Crippen LogP contribution >= 0.6 is 0 Å². The molecule has 0 saturated heterocycles. The van der Waals surface area contributed by atoms with Crippen LogP contribution in [0, 0.1) is 0 Å². The Morgan fingerprint density at radius 3 is 3.00 bits per heavy atom. The Balaban J connectivity index is 2.37. The zero-order chi connectivity index (χ0) is 12.7. The summed E-state index contributed by atoms with van der Waals surface area (Å²) in [6, 6.07) is 0.173. The van der Waals surface area contributed by atoms with Crippen molar-refractivity contribution in [1.29, 1.82) is 0 Å². The van der Waals surface area contributed by atoms with Crippen molar-refractivity contribution in [3.63, 3.8) is 0 Å². The zero-order valence-electron chi connectivity index (χ0n) is 10.7. The van der Waals surface area contributed by atoms with E-state index in [-0.39, 0.29) is 11.8 Å². The lowest BCUT2D eigenvalue weighted by Crippen LogP contribution is -2.16. The number of hydrogen-bond donors (Lipinski definition) is 1. The van der Waals surface area contributed by atoms with Crippen LogP contribution < -0.4 is 5.73 Å². The van der Waals surface area contributed by atoms with E-state index in [1.165, 1.54) is 6.33 Å². The Morgan fingerprint density at radius 1 is 1.59 bits per heavy atom. The Hall–Kier alpha value is -1.23. The molecule has 1 aromatic rings. The molecule has 1 atom stereocenters. The van der Waals surface area contributed by atoms with Gasteiger partial charge in [0, 0.05) is 19.0 Å². The first kappa shape index (κ1) is 13.8. The number of hydrogen-bond acceptors (Lipinski definition) is 4. The van der Waals surface area contributed by atoms with Crippen LogP contribution in [0.15, 0.2) is 6.33 Å². The van der Waals surface area contributed by atoms with E-state index in [0.29, 0.717) is 12.8 Å². The molecular formula is C12H22N4O. The minimum absolute atomic E-state index is 0.173. The molecule has 0 aliphatic carbocycles. The largest absolute Gasteiger partial charge is 0.328 e. The fourth-order valence-corrected chi connectivity index (χ4v) is 1.71. The molecule has 0 aliphatic rings. The van der Waals surface area contributed by atoms with Crippen molar-refractivity contribution in [3.8, 4) is 0 Å². The Morgan fingerprint density at radius 2 is 2.35 bits per heavy atom. The number of aromatic nitrogens is 3. The SMILES string of the molecule is CCCn1ncnc1CC(=O)CCCC(C)N. The summed E-state index contributed by atoms with van der Waals surface area (Å²) in [5, 5.41) is 4.10. The predicted octanol–water partition coefficient (Wildman–Crippen LogP) is 1.32. The number of carbonyl (C=O) groups is 1. The van der Waals surface area contributed by atoms with Crippen molar-refractivity contribution >= 4 is 5.78 Å². The molecule has 0 amide bonds. The Bertz CT molecular complexity index is 346. The molecule has 1 rings (SSSR count).